The normalized spacial score (nSPS) is 34.2. The molecular weight excluding hydrogens is 260 g/mol. The second-order valence-electron chi connectivity index (χ2n) is 6.46. The molecule has 1 heterocycles. The standard InChI is InChI=1S/C14H28N2O2S/c1-4-19(17,18)10-9-16-11-14(3,13-5-6-13)15-8-7-12(16)2/h12-13,15H,4-11H2,1-3H3. The first-order chi connectivity index (χ1) is 8.86. The molecule has 1 N–H and O–H groups in total. The van der Waals surface area contributed by atoms with Gasteiger partial charge >= 0.3 is 0 Å². The lowest BCUT2D eigenvalue weighted by atomic mass is 9.95. The maximum absolute atomic E-state index is 11.7. The number of nitrogens with one attached hydrogen (secondary N) is 1. The number of hydrogen-bond donors (Lipinski definition) is 1. The van der Waals surface area contributed by atoms with E-state index in [1.165, 1.54) is 12.8 Å². The third-order valence-corrected chi connectivity index (χ3v) is 6.54. The minimum Gasteiger partial charge on any atom is -0.310 e. The Labute approximate surface area is 117 Å². The van der Waals surface area contributed by atoms with Crippen LogP contribution >= 0.6 is 0 Å². The molecule has 2 unspecified atom stereocenters. The lowest BCUT2D eigenvalue weighted by molar-refractivity contribution is 0.171. The smallest absolute Gasteiger partial charge is 0.151 e. The van der Waals surface area contributed by atoms with Crippen molar-refractivity contribution in [2.45, 2.75) is 51.6 Å². The van der Waals surface area contributed by atoms with Gasteiger partial charge in [-0.05, 0) is 45.6 Å². The molecule has 4 nitrogen and oxygen atoms in total. The van der Waals surface area contributed by atoms with Crippen LogP contribution < -0.4 is 5.32 Å². The molecule has 0 aromatic heterocycles. The van der Waals surface area contributed by atoms with Gasteiger partial charge in [-0.3, -0.25) is 4.90 Å². The molecule has 1 saturated carbocycles. The molecule has 0 bridgehead atoms. The van der Waals surface area contributed by atoms with Gasteiger partial charge in [-0.2, -0.15) is 0 Å². The van der Waals surface area contributed by atoms with Gasteiger partial charge in [0.2, 0.25) is 0 Å². The van der Waals surface area contributed by atoms with Crippen LogP contribution in [0, 0.1) is 5.92 Å². The molecule has 1 saturated heterocycles. The van der Waals surface area contributed by atoms with Crippen LogP contribution in [0.15, 0.2) is 0 Å². The minimum absolute atomic E-state index is 0.181. The lowest BCUT2D eigenvalue weighted by Crippen LogP contribution is -2.52. The Kier molecular flexibility index (Phi) is 4.58. The SMILES string of the molecule is CCS(=O)(=O)CCN1CC(C)(C2CC2)NCCC1C. The van der Waals surface area contributed by atoms with Crippen molar-refractivity contribution in [1.82, 2.24) is 10.2 Å². The summed E-state index contributed by atoms with van der Waals surface area (Å²) in [7, 11) is -2.86. The van der Waals surface area contributed by atoms with Crippen LogP contribution in [0.25, 0.3) is 0 Å². The van der Waals surface area contributed by atoms with E-state index in [0.717, 1.165) is 25.4 Å². The van der Waals surface area contributed by atoms with Gasteiger partial charge in [0.25, 0.3) is 0 Å². The predicted molar refractivity (Wildman–Crippen MR) is 79.1 cm³/mol. The summed E-state index contributed by atoms with van der Waals surface area (Å²) in [5.74, 6) is 1.34. The van der Waals surface area contributed by atoms with E-state index in [0.29, 0.717) is 18.3 Å². The summed E-state index contributed by atoms with van der Waals surface area (Å²) in [4.78, 5) is 2.38. The first-order valence-corrected chi connectivity index (χ1v) is 9.38. The molecule has 2 atom stereocenters. The molecule has 0 amide bonds. The van der Waals surface area contributed by atoms with Crippen molar-refractivity contribution in [3.8, 4) is 0 Å². The molecule has 0 aromatic carbocycles. The second-order valence-corrected chi connectivity index (χ2v) is 8.94. The Balaban J connectivity index is 1.99. The van der Waals surface area contributed by atoms with Crippen LogP contribution in [0.2, 0.25) is 0 Å². The van der Waals surface area contributed by atoms with E-state index in [1.54, 1.807) is 6.92 Å². The summed E-state index contributed by atoms with van der Waals surface area (Å²) < 4.78 is 23.4. The summed E-state index contributed by atoms with van der Waals surface area (Å²) >= 11 is 0. The van der Waals surface area contributed by atoms with Crippen molar-refractivity contribution >= 4 is 9.84 Å². The van der Waals surface area contributed by atoms with Gasteiger partial charge in [-0.15, -0.1) is 0 Å². The topological polar surface area (TPSA) is 49.4 Å². The molecule has 5 heteroatoms. The van der Waals surface area contributed by atoms with Gasteiger partial charge in [0.05, 0.1) is 5.75 Å². The van der Waals surface area contributed by atoms with Crippen molar-refractivity contribution in [1.29, 1.82) is 0 Å². The van der Waals surface area contributed by atoms with Crippen LogP contribution in [-0.4, -0.2) is 56.0 Å². The highest BCUT2D eigenvalue weighted by atomic mass is 32.2. The Morgan fingerprint density at radius 3 is 2.58 bits per heavy atom. The zero-order valence-corrected chi connectivity index (χ0v) is 13.3. The van der Waals surface area contributed by atoms with E-state index >= 15 is 0 Å². The second kappa shape index (κ2) is 5.70. The number of hydrogen-bond acceptors (Lipinski definition) is 4. The molecule has 0 spiro atoms. The molecule has 19 heavy (non-hydrogen) atoms. The van der Waals surface area contributed by atoms with Crippen molar-refractivity contribution < 1.29 is 8.42 Å². The fourth-order valence-electron chi connectivity index (χ4n) is 3.08. The van der Waals surface area contributed by atoms with E-state index in [4.69, 9.17) is 0 Å². The zero-order valence-electron chi connectivity index (χ0n) is 12.5. The maximum atomic E-state index is 11.7. The molecule has 2 rings (SSSR count). The summed E-state index contributed by atoms with van der Waals surface area (Å²) in [6, 6.07) is 0.472. The number of sulfone groups is 1. The average molecular weight is 288 g/mol. The van der Waals surface area contributed by atoms with E-state index in [-0.39, 0.29) is 11.3 Å². The molecular formula is C14H28N2O2S. The molecule has 1 aliphatic heterocycles. The first kappa shape index (κ1) is 15.3. The average Bonchev–Trinajstić information content (AvgIpc) is 3.18. The number of rotatable bonds is 5. The van der Waals surface area contributed by atoms with Crippen LogP contribution in [0.4, 0.5) is 0 Å². The third-order valence-electron chi connectivity index (χ3n) is 4.85. The Bertz CT molecular complexity index is 406. The van der Waals surface area contributed by atoms with E-state index in [9.17, 15) is 8.42 Å². The third kappa shape index (κ3) is 3.92. The van der Waals surface area contributed by atoms with Gasteiger partial charge in [0.1, 0.15) is 0 Å². The highest BCUT2D eigenvalue weighted by Gasteiger charge is 2.43. The quantitative estimate of drug-likeness (QED) is 0.828. The van der Waals surface area contributed by atoms with Gasteiger partial charge in [0.15, 0.2) is 9.84 Å². The zero-order chi connectivity index (χ0) is 14.1. The van der Waals surface area contributed by atoms with Crippen LogP contribution in [0.1, 0.15) is 40.0 Å². The largest absolute Gasteiger partial charge is 0.310 e. The van der Waals surface area contributed by atoms with Gasteiger partial charge < -0.3 is 5.32 Å². The lowest BCUT2D eigenvalue weighted by Gasteiger charge is -2.35. The minimum atomic E-state index is -2.86. The Morgan fingerprint density at radius 1 is 1.32 bits per heavy atom. The molecule has 0 radical (unpaired) electrons. The monoisotopic (exact) mass is 288 g/mol. The highest BCUT2D eigenvalue weighted by molar-refractivity contribution is 7.91. The number of nitrogens with zero attached hydrogens (tertiary/aromatic N) is 1. The van der Waals surface area contributed by atoms with Crippen molar-refractivity contribution in [2.24, 2.45) is 5.92 Å². The molecule has 2 aliphatic rings. The fourth-order valence-corrected chi connectivity index (χ4v) is 3.88. The Hall–Kier alpha value is -0.130. The molecule has 112 valence electrons. The van der Waals surface area contributed by atoms with E-state index in [2.05, 4.69) is 24.1 Å². The molecule has 2 fully saturated rings. The van der Waals surface area contributed by atoms with Crippen molar-refractivity contribution in [2.75, 3.05) is 31.1 Å². The van der Waals surface area contributed by atoms with Crippen molar-refractivity contribution in [3.63, 3.8) is 0 Å². The van der Waals surface area contributed by atoms with Crippen LogP contribution in [0.5, 0.6) is 0 Å². The summed E-state index contributed by atoms with van der Waals surface area (Å²) in [6.45, 7) is 8.98. The fraction of sp³-hybridized carbons (Fsp3) is 1.00. The van der Waals surface area contributed by atoms with Gasteiger partial charge in [-0.1, -0.05) is 6.92 Å². The van der Waals surface area contributed by atoms with Crippen molar-refractivity contribution in [3.05, 3.63) is 0 Å². The van der Waals surface area contributed by atoms with Gasteiger partial charge in [0, 0.05) is 30.4 Å². The van der Waals surface area contributed by atoms with Crippen LogP contribution in [-0.2, 0) is 9.84 Å². The molecule has 1 aliphatic carbocycles. The Morgan fingerprint density at radius 2 is 2.00 bits per heavy atom. The summed E-state index contributed by atoms with van der Waals surface area (Å²) in [6.07, 6.45) is 3.74. The molecule has 0 aromatic rings. The maximum Gasteiger partial charge on any atom is 0.151 e. The first-order valence-electron chi connectivity index (χ1n) is 7.56. The highest BCUT2D eigenvalue weighted by Crippen LogP contribution is 2.40. The summed E-state index contributed by atoms with van der Waals surface area (Å²) in [5.41, 5.74) is 0.181. The van der Waals surface area contributed by atoms with Gasteiger partial charge in [-0.25, -0.2) is 8.42 Å². The predicted octanol–water partition coefficient (Wildman–Crippen LogP) is 1.27. The van der Waals surface area contributed by atoms with E-state index in [1.807, 2.05) is 0 Å². The van der Waals surface area contributed by atoms with E-state index < -0.39 is 9.84 Å². The van der Waals surface area contributed by atoms with Crippen LogP contribution in [0.3, 0.4) is 0 Å². The summed E-state index contributed by atoms with van der Waals surface area (Å²) in [5, 5.41) is 3.70.